The molecule has 3 aromatic rings. The van der Waals surface area contributed by atoms with Crippen LogP contribution < -0.4 is 5.32 Å². The predicted octanol–water partition coefficient (Wildman–Crippen LogP) is 3.89. The number of carbonyl (C=O) groups excluding carboxylic acids is 1. The van der Waals surface area contributed by atoms with Crippen molar-refractivity contribution in [2.24, 2.45) is 0 Å². The number of carbonyl (C=O) groups is 1. The number of aryl methyl sites for hydroxylation is 1. The van der Waals surface area contributed by atoms with Crippen molar-refractivity contribution < 1.29 is 31.1 Å². The van der Waals surface area contributed by atoms with Gasteiger partial charge in [0.25, 0.3) is 5.91 Å². The highest BCUT2D eigenvalue weighted by atomic mass is 19.4. The SMILES string of the molecule is Cc1ncn(-c2nccnc2C(C)NC(=O)c2cc(C(F)(F)F)cc(C(F)(F)F)c2)n1. The molecule has 3 rings (SSSR count). The van der Waals surface area contributed by atoms with Gasteiger partial charge in [-0.1, -0.05) is 0 Å². The van der Waals surface area contributed by atoms with Gasteiger partial charge in [-0.25, -0.2) is 14.6 Å². The van der Waals surface area contributed by atoms with Gasteiger partial charge >= 0.3 is 12.4 Å². The lowest BCUT2D eigenvalue weighted by atomic mass is 10.0. The number of rotatable bonds is 4. The van der Waals surface area contributed by atoms with E-state index in [1.54, 1.807) is 6.92 Å². The first-order chi connectivity index (χ1) is 14.4. The van der Waals surface area contributed by atoms with Gasteiger partial charge in [0.05, 0.1) is 17.2 Å². The monoisotopic (exact) mass is 444 g/mol. The van der Waals surface area contributed by atoms with Gasteiger partial charge in [0.15, 0.2) is 5.82 Å². The molecule has 7 nitrogen and oxygen atoms in total. The third-order valence-electron chi connectivity index (χ3n) is 4.14. The number of hydrogen-bond donors (Lipinski definition) is 1. The van der Waals surface area contributed by atoms with E-state index in [1.165, 1.54) is 30.3 Å². The van der Waals surface area contributed by atoms with E-state index in [2.05, 4.69) is 25.4 Å². The average molecular weight is 444 g/mol. The Hall–Kier alpha value is -3.51. The summed E-state index contributed by atoms with van der Waals surface area (Å²) >= 11 is 0. The highest BCUT2D eigenvalue weighted by molar-refractivity contribution is 5.95. The molecule has 1 amide bonds. The van der Waals surface area contributed by atoms with Crippen molar-refractivity contribution in [1.29, 1.82) is 0 Å². The molecule has 0 fully saturated rings. The van der Waals surface area contributed by atoms with Crippen LogP contribution in [0.15, 0.2) is 36.9 Å². The standard InChI is InChI=1S/C18H14F6N6O/c1-9(14-15(26-4-3-25-14)30-8-27-10(2)29-30)28-16(31)11-5-12(17(19,20)21)7-13(6-11)18(22,23)24/h3-9H,1-2H3,(H,28,31). The number of alkyl halides is 6. The van der Waals surface area contributed by atoms with Crippen LogP contribution in [0.4, 0.5) is 26.3 Å². The van der Waals surface area contributed by atoms with E-state index in [1.807, 2.05) is 0 Å². The minimum absolute atomic E-state index is 0.0476. The van der Waals surface area contributed by atoms with Crippen LogP contribution in [0.2, 0.25) is 0 Å². The highest BCUT2D eigenvalue weighted by Crippen LogP contribution is 2.36. The van der Waals surface area contributed by atoms with Crippen molar-refractivity contribution in [2.75, 3.05) is 0 Å². The Labute approximate surface area is 171 Å². The minimum Gasteiger partial charge on any atom is -0.344 e. The molecule has 2 heterocycles. The molecule has 0 aliphatic carbocycles. The number of aromatic nitrogens is 5. The first kappa shape index (κ1) is 22.2. The zero-order valence-electron chi connectivity index (χ0n) is 16.0. The summed E-state index contributed by atoms with van der Waals surface area (Å²) in [5.41, 5.74) is -3.78. The zero-order chi connectivity index (χ0) is 23.0. The normalized spacial score (nSPS) is 13.2. The fraction of sp³-hybridized carbons (Fsp3) is 0.278. The van der Waals surface area contributed by atoms with Gasteiger partial charge in [0.1, 0.15) is 17.8 Å². The lowest BCUT2D eigenvalue weighted by Crippen LogP contribution is -2.29. The predicted molar refractivity (Wildman–Crippen MR) is 94.0 cm³/mol. The Morgan fingerprint density at radius 2 is 1.55 bits per heavy atom. The van der Waals surface area contributed by atoms with Crippen molar-refractivity contribution >= 4 is 5.91 Å². The molecule has 0 aliphatic rings. The Kier molecular flexibility index (Phi) is 5.70. The summed E-state index contributed by atoms with van der Waals surface area (Å²) in [5, 5.41) is 6.43. The van der Waals surface area contributed by atoms with E-state index in [0.29, 0.717) is 18.0 Å². The molecule has 13 heteroatoms. The molecular weight excluding hydrogens is 430 g/mol. The Balaban J connectivity index is 1.94. The molecule has 2 aromatic heterocycles. The summed E-state index contributed by atoms with van der Waals surface area (Å²) in [6.45, 7) is 3.08. The maximum atomic E-state index is 13.0. The number of nitrogens with zero attached hydrogens (tertiary/aromatic N) is 5. The second-order valence-electron chi connectivity index (χ2n) is 6.49. The Bertz CT molecular complexity index is 1080. The van der Waals surface area contributed by atoms with Crippen LogP contribution in [0.25, 0.3) is 5.82 Å². The number of nitrogens with one attached hydrogen (secondary N) is 1. The quantitative estimate of drug-likeness (QED) is 0.617. The molecule has 0 saturated carbocycles. The molecule has 0 radical (unpaired) electrons. The van der Waals surface area contributed by atoms with Crippen molar-refractivity contribution in [3.63, 3.8) is 0 Å². The molecule has 0 aliphatic heterocycles. The maximum Gasteiger partial charge on any atom is 0.416 e. The Morgan fingerprint density at radius 3 is 2.06 bits per heavy atom. The largest absolute Gasteiger partial charge is 0.416 e. The van der Waals surface area contributed by atoms with E-state index < -0.39 is 41.0 Å². The Morgan fingerprint density at radius 1 is 0.968 bits per heavy atom. The second kappa shape index (κ2) is 7.96. The van der Waals surface area contributed by atoms with Crippen LogP contribution in [-0.2, 0) is 12.4 Å². The average Bonchev–Trinajstić information content (AvgIpc) is 3.12. The molecule has 31 heavy (non-hydrogen) atoms. The summed E-state index contributed by atoms with van der Waals surface area (Å²) in [6.07, 6.45) is -6.11. The first-order valence-corrected chi connectivity index (χ1v) is 8.66. The third-order valence-corrected chi connectivity index (χ3v) is 4.14. The molecule has 1 N–H and O–H groups in total. The van der Waals surface area contributed by atoms with Gasteiger partial charge in [-0.3, -0.25) is 9.78 Å². The lowest BCUT2D eigenvalue weighted by Gasteiger charge is -2.17. The van der Waals surface area contributed by atoms with E-state index in [-0.39, 0.29) is 17.6 Å². The van der Waals surface area contributed by atoms with Crippen molar-refractivity contribution in [3.8, 4) is 5.82 Å². The van der Waals surface area contributed by atoms with Gasteiger partial charge in [0.2, 0.25) is 0 Å². The molecule has 0 saturated heterocycles. The van der Waals surface area contributed by atoms with E-state index in [9.17, 15) is 31.1 Å². The van der Waals surface area contributed by atoms with Crippen molar-refractivity contribution in [3.05, 3.63) is 65.1 Å². The van der Waals surface area contributed by atoms with Crippen LogP contribution in [0.5, 0.6) is 0 Å². The number of amides is 1. The minimum atomic E-state index is -5.06. The fourth-order valence-corrected chi connectivity index (χ4v) is 2.71. The summed E-state index contributed by atoms with van der Waals surface area (Å²) in [7, 11) is 0. The molecule has 1 unspecified atom stereocenters. The molecule has 1 aromatic carbocycles. The van der Waals surface area contributed by atoms with Gasteiger partial charge in [-0.05, 0) is 32.0 Å². The van der Waals surface area contributed by atoms with Crippen LogP contribution in [0, 0.1) is 6.92 Å². The topological polar surface area (TPSA) is 85.6 Å². The van der Waals surface area contributed by atoms with E-state index in [4.69, 9.17) is 0 Å². The molecular formula is C18H14F6N6O. The molecule has 0 spiro atoms. The van der Waals surface area contributed by atoms with Gasteiger partial charge < -0.3 is 5.32 Å². The summed E-state index contributed by atoms with van der Waals surface area (Å²) in [6, 6.07) is -0.260. The molecule has 1 atom stereocenters. The first-order valence-electron chi connectivity index (χ1n) is 8.66. The maximum absolute atomic E-state index is 13.0. The second-order valence-corrected chi connectivity index (χ2v) is 6.49. The van der Waals surface area contributed by atoms with Crippen LogP contribution in [0.1, 0.15) is 46.0 Å². The van der Waals surface area contributed by atoms with Crippen LogP contribution >= 0.6 is 0 Å². The van der Waals surface area contributed by atoms with Gasteiger partial charge in [0, 0.05) is 18.0 Å². The number of hydrogen-bond acceptors (Lipinski definition) is 5. The highest BCUT2D eigenvalue weighted by Gasteiger charge is 2.37. The van der Waals surface area contributed by atoms with Crippen molar-refractivity contribution in [2.45, 2.75) is 32.2 Å². The zero-order valence-corrected chi connectivity index (χ0v) is 16.0. The van der Waals surface area contributed by atoms with Crippen LogP contribution in [-0.4, -0.2) is 30.6 Å². The third kappa shape index (κ3) is 4.98. The lowest BCUT2D eigenvalue weighted by molar-refractivity contribution is -0.143. The number of halogens is 6. The van der Waals surface area contributed by atoms with Gasteiger partial charge in [-0.15, -0.1) is 0 Å². The van der Waals surface area contributed by atoms with Crippen molar-refractivity contribution in [1.82, 2.24) is 30.0 Å². The van der Waals surface area contributed by atoms with E-state index in [0.717, 1.165) is 0 Å². The summed E-state index contributed by atoms with van der Waals surface area (Å²) < 4.78 is 79.5. The van der Waals surface area contributed by atoms with E-state index >= 15 is 0 Å². The number of benzene rings is 1. The molecule has 164 valence electrons. The summed E-state index contributed by atoms with van der Waals surface area (Å²) in [4.78, 5) is 24.7. The van der Waals surface area contributed by atoms with Crippen LogP contribution in [0.3, 0.4) is 0 Å². The summed E-state index contributed by atoms with van der Waals surface area (Å²) in [5.74, 6) is -0.525. The van der Waals surface area contributed by atoms with Gasteiger partial charge in [-0.2, -0.15) is 31.4 Å². The fourth-order valence-electron chi connectivity index (χ4n) is 2.71. The smallest absolute Gasteiger partial charge is 0.344 e. The molecule has 0 bridgehead atoms.